The third-order valence-electron chi connectivity index (χ3n) is 4.43. The summed E-state index contributed by atoms with van der Waals surface area (Å²) in [5.74, 6) is 0.635. The molecule has 1 fully saturated rings. The molecule has 138 valence electrons. The second-order valence-electron chi connectivity index (χ2n) is 6.06. The molecule has 0 aliphatic carbocycles. The standard InChI is InChI=1S/C18H24BrNO4S/c1-23-17(22)12-25-10-5-16(21)20-13-18(6-8-24-9-7-18)14-3-2-4-15(19)11-14/h2-4,11H,5-10,12-13H2,1H3,(H,20,21). The van der Waals surface area contributed by atoms with Gasteiger partial charge in [0, 0.05) is 41.8 Å². The Labute approximate surface area is 161 Å². The number of halogens is 1. The molecule has 0 saturated carbocycles. The Kier molecular flexibility index (Phi) is 8.26. The number of nitrogens with one attached hydrogen (secondary N) is 1. The minimum Gasteiger partial charge on any atom is -0.468 e. The molecular weight excluding hydrogens is 406 g/mol. The topological polar surface area (TPSA) is 64.6 Å². The normalized spacial score (nSPS) is 16.2. The number of carbonyl (C=O) groups is 2. The molecule has 1 saturated heterocycles. The van der Waals surface area contributed by atoms with Gasteiger partial charge in [-0.25, -0.2) is 0 Å². The van der Waals surface area contributed by atoms with Gasteiger partial charge in [-0.1, -0.05) is 28.1 Å². The summed E-state index contributed by atoms with van der Waals surface area (Å²) in [6.45, 7) is 2.02. The molecular formula is C18H24BrNO4S. The van der Waals surface area contributed by atoms with Crippen LogP contribution in [0.5, 0.6) is 0 Å². The second kappa shape index (κ2) is 10.2. The van der Waals surface area contributed by atoms with Crippen molar-refractivity contribution in [3.63, 3.8) is 0 Å². The van der Waals surface area contributed by atoms with Crippen molar-refractivity contribution in [1.29, 1.82) is 0 Å². The van der Waals surface area contributed by atoms with Gasteiger partial charge in [0.1, 0.15) is 0 Å². The summed E-state index contributed by atoms with van der Waals surface area (Å²) in [6, 6.07) is 8.29. The lowest BCUT2D eigenvalue weighted by Crippen LogP contribution is -2.44. The van der Waals surface area contributed by atoms with Crippen molar-refractivity contribution in [2.75, 3.05) is 38.4 Å². The molecule has 25 heavy (non-hydrogen) atoms. The van der Waals surface area contributed by atoms with Gasteiger partial charge in [0.05, 0.1) is 12.9 Å². The fourth-order valence-electron chi connectivity index (χ4n) is 2.88. The average molecular weight is 430 g/mol. The van der Waals surface area contributed by atoms with Gasteiger partial charge in [0.25, 0.3) is 0 Å². The van der Waals surface area contributed by atoms with Crippen LogP contribution in [0.4, 0.5) is 0 Å². The number of esters is 1. The number of benzene rings is 1. The van der Waals surface area contributed by atoms with Crippen molar-refractivity contribution in [2.24, 2.45) is 0 Å². The summed E-state index contributed by atoms with van der Waals surface area (Å²) in [5.41, 5.74) is 1.14. The lowest BCUT2D eigenvalue weighted by atomic mass is 9.74. The molecule has 0 atom stereocenters. The molecule has 0 bridgehead atoms. The summed E-state index contributed by atoms with van der Waals surface area (Å²) < 4.78 is 11.1. The fourth-order valence-corrected chi connectivity index (χ4v) is 4.04. The zero-order valence-electron chi connectivity index (χ0n) is 14.4. The maximum absolute atomic E-state index is 12.2. The molecule has 0 radical (unpaired) electrons. The van der Waals surface area contributed by atoms with Crippen LogP contribution in [-0.4, -0.2) is 50.3 Å². The van der Waals surface area contributed by atoms with E-state index in [0.717, 1.165) is 17.3 Å². The highest BCUT2D eigenvalue weighted by Gasteiger charge is 2.34. The smallest absolute Gasteiger partial charge is 0.315 e. The first-order valence-electron chi connectivity index (χ1n) is 8.31. The van der Waals surface area contributed by atoms with Gasteiger partial charge in [0.15, 0.2) is 0 Å². The summed E-state index contributed by atoms with van der Waals surface area (Å²) in [4.78, 5) is 23.2. The number of hydrogen-bond donors (Lipinski definition) is 1. The molecule has 1 aliphatic rings. The van der Waals surface area contributed by atoms with E-state index in [4.69, 9.17) is 4.74 Å². The predicted molar refractivity (Wildman–Crippen MR) is 103 cm³/mol. The van der Waals surface area contributed by atoms with E-state index < -0.39 is 0 Å². The van der Waals surface area contributed by atoms with Gasteiger partial charge in [-0.3, -0.25) is 9.59 Å². The summed E-state index contributed by atoms with van der Waals surface area (Å²) in [5, 5.41) is 3.07. The van der Waals surface area contributed by atoms with E-state index in [1.54, 1.807) is 0 Å². The molecule has 1 aromatic rings. The van der Waals surface area contributed by atoms with Crippen molar-refractivity contribution in [1.82, 2.24) is 5.32 Å². The number of carbonyl (C=O) groups excluding carboxylic acids is 2. The summed E-state index contributed by atoms with van der Waals surface area (Å²) >= 11 is 4.95. The Morgan fingerprint density at radius 2 is 2.12 bits per heavy atom. The highest BCUT2D eigenvalue weighted by molar-refractivity contribution is 9.10. The highest BCUT2D eigenvalue weighted by atomic mass is 79.9. The highest BCUT2D eigenvalue weighted by Crippen LogP contribution is 2.35. The molecule has 2 rings (SSSR count). The van der Waals surface area contributed by atoms with Crippen molar-refractivity contribution in [3.8, 4) is 0 Å². The van der Waals surface area contributed by atoms with Crippen LogP contribution in [0.3, 0.4) is 0 Å². The zero-order valence-corrected chi connectivity index (χ0v) is 16.8. The maximum Gasteiger partial charge on any atom is 0.315 e. The summed E-state index contributed by atoms with van der Waals surface area (Å²) in [6.07, 6.45) is 2.17. The van der Waals surface area contributed by atoms with Crippen LogP contribution in [0.15, 0.2) is 28.7 Å². The molecule has 0 aromatic heterocycles. The fraction of sp³-hybridized carbons (Fsp3) is 0.556. The maximum atomic E-state index is 12.2. The Morgan fingerprint density at radius 1 is 1.36 bits per heavy atom. The number of hydrogen-bond acceptors (Lipinski definition) is 5. The second-order valence-corrected chi connectivity index (χ2v) is 8.08. The van der Waals surface area contributed by atoms with E-state index in [1.165, 1.54) is 24.4 Å². The van der Waals surface area contributed by atoms with E-state index in [2.05, 4.69) is 38.1 Å². The minimum absolute atomic E-state index is 0.0122. The van der Waals surface area contributed by atoms with Crippen LogP contribution in [0.25, 0.3) is 0 Å². The molecule has 0 spiro atoms. The minimum atomic E-state index is -0.263. The Balaban J connectivity index is 1.88. The van der Waals surface area contributed by atoms with Crippen LogP contribution in [0, 0.1) is 0 Å². The first-order chi connectivity index (χ1) is 12.1. The van der Waals surface area contributed by atoms with E-state index in [-0.39, 0.29) is 23.0 Å². The quantitative estimate of drug-likeness (QED) is 0.508. The van der Waals surface area contributed by atoms with Gasteiger partial charge in [-0.15, -0.1) is 11.8 Å². The van der Waals surface area contributed by atoms with E-state index in [1.807, 2.05) is 12.1 Å². The number of methoxy groups -OCH3 is 1. The SMILES string of the molecule is COC(=O)CSCCC(=O)NCC1(c2cccc(Br)c2)CCOCC1. The Bertz CT molecular complexity index is 590. The van der Waals surface area contributed by atoms with Crippen LogP contribution in [-0.2, 0) is 24.5 Å². The molecule has 5 nitrogen and oxygen atoms in total. The van der Waals surface area contributed by atoms with Crippen LogP contribution < -0.4 is 5.32 Å². The first-order valence-corrected chi connectivity index (χ1v) is 10.3. The number of amides is 1. The average Bonchev–Trinajstić information content (AvgIpc) is 2.64. The summed E-state index contributed by atoms with van der Waals surface area (Å²) in [7, 11) is 1.37. The van der Waals surface area contributed by atoms with Crippen molar-refractivity contribution >= 4 is 39.6 Å². The van der Waals surface area contributed by atoms with Crippen LogP contribution in [0.2, 0.25) is 0 Å². The van der Waals surface area contributed by atoms with Crippen molar-refractivity contribution in [2.45, 2.75) is 24.7 Å². The van der Waals surface area contributed by atoms with Gasteiger partial charge >= 0.3 is 5.97 Å². The predicted octanol–water partition coefficient (Wildman–Crippen LogP) is 2.91. The molecule has 0 unspecified atom stereocenters. The van der Waals surface area contributed by atoms with Gasteiger partial charge in [-0.05, 0) is 30.5 Å². The lowest BCUT2D eigenvalue weighted by Gasteiger charge is -2.38. The van der Waals surface area contributed by atoms with Crippen LogP contribution >= 0.6 is 27.7 Å². The number of rotatable bonds is 8. The number of thioether (sulfide) groups is 1. The van der Waals surface area contributed by atoms with Crippen LogP contribution in [0.1, 0.15) is 24.8 Å². The largest absolute Gasteiger partial charge is 0.468 e. The lowest BCUT2D eigenvalue weighted by molar-refractivity contribution is -0.137. The monoisotopic (exact) mass is 429 g/mol. The Hall–Kier alpha value is -1.05. The molecule has 1 aliphatic heterocycles. The number of ether oxygens (including phenoxy) is 2. The molecule has 1 aromatic carbocycles. The van der Waals surface area contributed by atoms with Crippen molar-refractivity contribution < 1.29 is 19.1 Å². The third kappa shape index (κ3) is 6.31. The van der Waals surface area contributed by atoms with Gasteiger partial charge in [0.2, 0.25) is 5.91 Å². The zero-order chi connectivity index (χ0) is 18.1. The van der Waals surface area contributed by atoms with Gasteiger partial charge < -0.3 is 14.8 Å². The molecule has 1 N–H and O–H groups in total. The Morgan fingerprint density at radius 3 is 2.80 bits per heavy atom. The molecule has 7 heteroatoms. The van der Waals surface area contributed by atoms with Crippen molar-refractivity contribution in [3.05, 3.63) is 34.3 Å². The molecule has 1 heterocycles. The van der Waals surface area contributed by atoms with Gasteiger partial charge in [-0.2, -0.15) is 0 Å². The third-order valence-corrected chi connectivity index (χ3v) is 5.86. The molecule has 1 amide bonds. The van der Waals surface area contributed by atoms with E-state index >= 15 is 0 Å². The van der Waals surface area contributed by atoms with E-state index in [9.17, 15) is 9.59 Å². The first kappa shape index (κ1) is 20.3. The van der Waals surface area contributed by atoms with E-state index in [0.29, 0.717) is 31.9 Å².